The molecule has 0 aliphatic carbocycles. The van der Waals surface area contributed by atoms with E-state index in [1.54, 1.807) is 12.4 Å². The molecule has 0 bridgehead atoms. The first-order chi connectivity index (χ1) is 8.43. The lowest BCUT2D eigenvalue weighted by Crippen LogP contribution is -2.01. The van der Waals surface area contributed by atoms with Crippen LogP contribution < -0.4 is 5.32 Å². The third-order valence-electron chi connectivity index (χ3n) is 2.66. The number of para-hydroxylation sites is 1. The first kappa shape index (κ1) is 9.84. The maximum absolute atomic E-state index is 4.41. The number of aromatic nitrogens is 3. The highest BCUT2D eigenvalue weighted by Crippen LogP contribution is 2.16. The van der Waals surface area contributed by atoms with Crippen LogP contribution >= 0.6 is 0 Å². The topological polar surface area (TPSA) is 53.6 Å². The van der Waals surface area contributed by atoms with Crippen LogP contribution in [0.5, 0.6) is 0 Å². The van der Waals surface area contributed by atoms with E-state index in [2.05, 4.69) is 38.5 Å². The van der Waals surface area contributed by atoms with Crippen LogP contribution in [0.4, 0.5) is 5.95 Å². The van der Waals surface area contributed by atoms with Gasteiger partial charge in [-0.15, -0.1) is 0 Å². The molecule has 0 saturated heterocycles. The van der Waals surface area contributed by atoms with E-state index in [0.717, 1.165) is 16.9 Å². The molecule has 3 aromatic rings. The summed E-state index contributed by atoms with van der Waals surface area (Å²) >= 11 is 0. The molecule has 0 aliphatic rings. The second-order valence-corrected chi connectivity index (χ2v) is 3.78. The molecule has 0 radical (unpaired) electrons. The quantitative estimate of drug-likeness (QED) is 0.719. The standard InChI is InChI=1S/C13H12N4/c1-3-10-5-2-6-14-12(10)11(4-1)9-17-13-15-7-8-16-13/h1-8H,9H2,(H2,15,16,17). The maximum Gasteiger partial charge on any atom is 0.200 e. The summed E-state index contributed by atoms with van der Waals surface area (Å²) in [6, 6.07) is 10.2. The van der Waals surface area contributed by atoms with Gasteiger partial charge in [0.1, 0.15) is 0 Å². The van der Waals surface area contributed by atoms with Crippen molar-refractivity contribution in [2.24, 2.45) is 0 Å². The van der Waals surface area contributed by atoms with Crippen LogP contribution in [0, 0.1) is 0 Å². The number of aromatic amines is 1. The molecule has 0 fully saturated rings. The molecule has 0 atom stereocenters. The fourth-order valence-corrected chi connectivity index (χ4v) is 1.85. The van der Waals surface area contributed by atoms with E-state index in [-0.39, 0.29) is 0 Å². The second kappa shape index (κ2) is 4.25. The molecule has 0 saturated carbocycles. The van der Waals surface area contributed by atoms with Gasteiger partial charge in [0, 0.05) is 30.5 Å². The van der Waals surface area contributed by atoms with Crippen molar-refractivity contribution in [2.45, 2.75) is 6.54 Å². The van der Waals surface area contributed by atoms with Gasteiger partial charge in [0.15, 0.2) is 5.95 Å². The van der Waals surface area contributed by atoms with Crippen LogP contribution in [0.25, 0.3) is 10.9 Å². The molecule has 0 aliphatic heterocycles. The number of hydrogen-bond acceptors (Lipinski definition) is 3. The van der Waals surface area contributed by atoms with Gasteiger partial charge in [-0.25, -0.2) is 4.98 Å². The van der Waals surface area contributed by atoms with Crippen molar-refractivity contribution in [3.63, 3.8) is 0 Å². The number of rotatable bonds is 3. The zero-order valence-corrected chi connectivity index (χ0v) is 9.22. The second-order valence-electron chi connectivity index (χ2n) is 3.78. The average molecular weight is 224 g/mol. The number of pyridine rings is 1. The van der Waals surface area contributed by atoms with Gasteiger partial charge in [-0.3, -0.25) is 4.98 Å². The highest BCUT2D eigenvalue weighted by atomic mass is 15.1. The van der Waals surface area contributed by atoms with E-state index in [1.165, 1.54) is 5.56 Å². The van der Waals surface area contributed by atoms with E-state index in [4.69, 9.17) is 0 Å². The predicted octanol–water partition coefficient (Wildman–Crippen LogP) is 2.57. The molecular formula is C13H12N4. The summed E-state index contributed by atoms with van der Waals surface area (Å²) < 4.78 is 0. The molecule has 2 aromatic heterocycles. The monoisotopic (exact) mass is 224 g/mol. The van der Waals surface area contributed by atoms with Gasteiger partial charge in [0.25, 0.3) is 0 Å². The first-order valence-electron chi connectivity index (χ1n) is 5.49. The van der Waals surface area contributed by atoms with Gasteiger partial charge in [-0.1, -0.05) is 24.3 Å². The molecule has 84 valence electrons. The van der Waals surface area contributed by atoms with Crippen LogP contribution in [0.3, 0.4) is 0 Å². The number of anilines is 1. The fraction of sp³-hybridized carbons (Fsp3) is 0.0769. The third-order valence-corrected chi connectivity index (χ3v) is 2.66. The molecule has 0 spiro atoms. The van der Waals surface area contributed by atoms with Gasteiger partial charge in [0.2, 0.25) is 0 Å². The largest absolute Gasteiger partial charge is 0.352 e. The number of H-pyrrole nitrogens is 1. The van der Waals surface area contributed by atoms with Gasteiger partial charge < -0.3 is 10.3 Å². The predicted molar refractivity (Wildman–Crippen MR) is 67.7 cm³/mol. The number of imidazole rings is 1. The zero-order valence-electron chi connectivity index (χ0n) is 9.22. The Morgan fingerprint density at radius 1 is 1.06 bits per heavy atom. The number of hydrogen-bond donors (Lipinski definition) is 2. The Bertz CT molecular complexity index is 611. The Kier molecular flexibility index (Phi) is 2.46. The summed E-state index contributed by atoms with van der Waals surface area (Å²) in [6.07, 6.45) is 5.34. The third kappa shape index (κ3) is 1.97. The molecule has 17 heavy (non-hydrogen) atoms. The summed E-state index contributed by atoms with van der Waals surface area (Å²) in [7, 11) is 0. The van der Waals surface area contributed by atoms with E-state index in [0.29, 0.717) is 6.54 Å². The Morgan fingerprint density at radius 2 is 2.00 bits per heavy atom. The maximum atomic E-state index is 4.41. The SMILES string of the molecule is c1cnc2c(CNc3ncc[nH]3)cccc2c1. The Hall–Kier alpha value is -2.36. The molecule has 4 heteroatoms. The minimum atomic E-state index is 0.710. The average Bonchev–Trinajstić information content (AvgIpc) is 2.89. The number of fused-ring (bicyclic) bond motifs is 1. The molecule has 2 N–H and O–H groups in total. The van der Waals surface area contributed by atoms with Crippen molar-refractivity contribution >= 4 is 16.9 Å². The smallest absolute Gasteiger partial charge is 0.200 e. The fourth-order valence-electron chi connectivity index (χ4n) is 1.85. The van der Waals surface area contributed by atoms with Crippen molar-refractivity contribution in [2.75, 3.05) is 5.32 Å². The number of benzene rings is 1. The van der Waals surface area contributed by atoms with Gasteiger partial charge in [-0.2, -0.15) is 0 Å². The lowest BCUT2D eigenvalue weighted by atomic mass is 10.1. The minimum absolute atomic E-state index is 0.710. The summed E-state index contributed by atoms with van der Waals surface area (Å²) in [6.45, 7) is 0.710. The zero-order chi connectivity index (χ0) is 11.5. The summed E-state index contributed by atoms with van der Waals surface area (Å²) in [5.41, 5.74) is 2.20. The molecule has 3 rings (SSSR count). The lowest BCUT2D eigenvalue weighted by molar-refractivity contribution is 1.10. The number of nitrogens with zero attached hydrogens (tertiary/aromatic N) is 2. The van der Waals surface area contributed by atoms with Crippen LogP contribution in [0.1, 0.15) is 5.56 Å². The number of nitrogens with one attached hydrogen (secondary N) is 2. The van der Waals surface area contributed by atoms with Crippen LogP contribution in [0.15, 0.2) is 48.9 Å². The molecule has 0 amide bonds. The highest BCUT2D eigenvalue weighted by molar-refractivity contribution is 5.81. The Morgan fingerprint density at radius 3 is 2.88 bits per heavy atom. The summed E-state index contributed by atoms with van der Waals surface area (Å²) in [5, 5.41) is 4.38. The van der Waals surface area contributed by atoms with Crippen molar-refractivity contribution in [3.05, 3.63) is 54.5 Å². The van der Waals surface area contributed by atoms with Gasteiger partial charge >= 0.3 is 0 Å². The van der Waals surface area contributed by atoms with Crippen LogP contribution in [-0.4, -0.2) is 15.0 Å². The summed E-state index contributed by atoms with van der Waals surface area (Å²) in [4.78, 5) is 11.5. The van der Waals surface area contributed by atoms with Crippen molar-refractivity contribution in [1.29, 1.82) is 0 Å². The van der Waals surface area contributed by atoms with Crippen LogP contribution in [-0.2, 0) is 6.54 Å². The van der Waals surface area contributed by atoms with Crippen molar-refractivity contribution < 1.29 is 0 Å². The van der Waals surface area contributed by atoms with E-state index in [9.17, 15) is 0 Å². The normalized spacial score (nSPS) is 10.6. The van der Waals surface area contributed by atoms with E-state index >= 15 is 0 Å². The van der Waals surface area contributed by atoms with Crippen LogP contribution in [0.2, 0.25) is 0 Å². The summed E-state index contributed by atoms with van der Waals surface area (Å²) in [5.74, 6) is 0.776. The molecule has 2 heterocycles. The minimum Gasteiger partial charge on any atom is -0.352 e. The Labute approximate surface area is 98.7 Å². The molecular weight excluding hydrogens is 212 g/mol. The van der Waals surface area contributed by atoms with Crippen molar-refractivity contribution in [3.8, 4) is 0 Å². The van der Waals surface area contributed by atoms with Gasteiger partial charge in [-0.05, 0) is 11.6 Å². The molecule has 1 aromatic carbocycles. The molecule has 0 unspecified atom stereocenters. The molecule has 4 nitrogen and oxygen atoms in total. The highest BCUT2D eigenvalue weighted by Gasteiger charge is 2.01. The van der Waals surface area contributed by atoms with Gasteiger partial charge in [0.05, 0.1) is 5.52 Å². The van der Waals surface area contributed by atoms with Crippen molar-refractivity contribution in [1.82, 2.24) is 15.0 Å². The lowest BCUT2D eigenvalue weighted by Gasteiger charge is -2.06. The van der Waals surface area contributed by atoms with E-state index < -0.39 is 0 Å². The first-order valence-corrected chi connectivity index (χ1v) is 5.49. The van der Waals surface area contributed by atoms with E-state index in [1.807, 2.05) is 18.3 Å². The Balaban J connectivity index is 1.90.